The molecule has 2 nitrogen and oxygen atoms in total. The van der Waals surface area contributed by atoms with Crippen molar-refractivity contribution >= 4 is 29.3 Å². The van der Waals surface area contributed by atoms with Gasteiger partial charge < -0.3 is 5.32 Å². The molecule has 2 aromatic carbocycles. The summed E-state index contributed by atoms with van der Waals surface area (Å²) < 4.78 is 0. The monoisotopic (exact) mass is 303 g/mol. The normalized spacial score (nSPS) is 17.4. The largest absolute Gasteiger partial charge is 0.345 e. The summed E-state index contributed by atoms with van der Waals surface area (Å²) in [5.41, 5.74) is 1.81. The highest BCUT2D eigenvalue weighted by molar-refractivity contribution is 7.99. The van der Waals surface area contributed by atoms with Gasteiger partial charge in [0.2, 0.25) is 0 Å². The van der Waals surface area contributed by atoms with Gasteiger partial charge in [-0.2, -0.15) is 0 Å². The average Bonchev–Trinajstić information content (AvgIpc) is 2.47. The van der Waals surface area contributed by atoms with Gasteiger partial charge in [-0.25, -0.2) is 0 Å². The van der Waals surface area contributed by atoms with E-state index in [1.165, 1.54) is 10.5 Å². The van der Waals surface area contributed by atoms with E-state index in [4.69, 9.17) is 11.6 Å². The number of benzene rings is 2. The van der Waals surface area contributed by atoms with Crippen LogP contribution in [-0.4, -0.2) is 11.7 Å². The molecule has 0 bridgehead atoms. The molecule has 0 spiro atoms. The molecular formula is C16H14ClNOS. The molecule has 0 saturated carbocycles. The number of hydrogen-bond acceptors (Lipinski definition) is 2. The topological polar surface area (TPSA) is 29.1 Å². The molecule has 0 radical (unpaired) electrons. The van der Waals surface area contributed by atoms with Crippen molar-refractivity contribution < 1.29 is 4.79 Å². The Labute approximate surface area is 127 Å². The van der Waals surface area contributed by atoms with E-state index in [0.717, 1.165) is 12.2 Å². The Balaban J connectivity index is 1.81. The Morgan fingerprint density at radius 3 is 2.90 bits per heavy atom. The Morgan fingerprint density at radius 1 is 1.20 bits per heavy atom. The van der Waals surface area contributed by atoms with Gasteiger partial charge in [-0.1, -0.05) is 35.9 Å². The van der Waals surface area contributed by atoms with Crippen molar-refractivity contribution in [3.8, 4) is 0 Å². The second-order valence-electron chi connectivity index (χ2n) is 4.71. The first kappa shape index (κ1) is 13.5. The van der Waals surface area contributed by atoms with Crippen molar-refractivity contribution in [1.82, 2.24) is 5.32 Å². The molecule has 102 valence electrons. The maximum Gasteiger partial charge on any atom is 0.251 e. The fourth-order valence-electron chi connectivity index (χ4n) is 2.36. The number of halogens is 1. The Kier molecular flexibility index (Phi) is 3.99. The second-order valence-corrected chi connectivity index (χ2v) is 6.28. The lowest BCUT2D eigenvalue weighted by molar-refractivity contribution is 0.0935. The zero-order valence-corrected chi connectivity index (χ0v) is 12.4. The molecule has 1 atom stereocenters. The SMILES string of the molecule is O=C(N[C@@H]1CCSc2ccccc21)c1cccc(Cl)c1. The van der Waals surface area contributed by atoms with Gasteiger partial charge in [0, 0.05) is 21.2 Å². The number of carbonyl (C=O) groups is 1. The minimum atomic E-state index is -0.0702. The van der Waals surface area contributed by atoms with Crippen LogP contribution in [0.15, 0.2) is 53.4 Å². The third-order valence-electron chi connectivity index (χ3n) is 3.35. The lowest BCUT2D eigenvalue weighted by Gasteiger charge is -2.25. The minimum Gasteiger partial charge on any atom is -0.345 e. The number of rotatable bonds is 2. The van der Waals surface area contributed by atoms with E-state index in [2.05, 4.69) is 17.4 Å². The smallest absolute Gasteiger partial charge is 0.251 e. The third kappa shape index (κ3) is 2.84. The summed E-state index contributed by atoms with van der Waals surface area (Å²) in [5, 5.41) is 3.69. The summed E-state index contributed by atoms with van der Waals surface area (Å²) in [4.78, 5) is 13.6. The molecule has 0 aliphatic carbocycles. The van der Waals surface area contributed by atoms with Crippen LogP contribution in [-0.2, 0) is 0 Å². The van der Waals surface area contributed by atoms with Gasteiger partial charge in [0.05, 0.1) is 6.04 Å². The Bertz CT molecular complexity index is 644. The van der Waals surface area contributed by atoms with Crippen LogP contribution < -0.4 is 5.32 Å². The summed E-state index contributed by atoms with van der Waals surface area (Å²) in [6.07, 6.45) is 0.952. The minimum absolute atomic E-state index is 0.0702. The molecule has 0 unspecified atom stereocenters. The van der Waals surface area contributed by atoms with Crippen LogP contribution in [0.5, 0.6) is 0 Å². The zero-order chi connectivity index (χ0) is 13.9. The summed E-state index contributed by atoms with van der Waals surface area (Å²) in [5.74, 6) is 0.955. The van der Waals surface area contributed by atoms with E-state index in [-0.39, 0.29) is 11.9 Å². The van der Waals surface area contributed by atoms with Gasteiger partial charge in [-0.05, 0) is 36.2 Å². The first-order valence-electron chi connectivity index (χ1n) is 6.52. The molecule has 2 aromatic rings. The maximum atomic E-state index is 12.3. The second kappa shape index (κ2) is 5.90. The number of thioether (sulfide) groups is 1. The molecule has 1 aliphatic rings. The van der Waals surface area contributed by atoms with Crippen LogP contribution in [0.4, 0.5) is 0 Å². The average molecular weight is 304 g/mol. The number of hydrogen-bond donors (Lipinski definition) is 1. The molecule has 1 aliphatic heterocycles. The predicted octanol–water partition coefficient (Wildman–Crippen LogP) is 4.31. The molecule has 20 heavy (non-hydrogen) atoms. The standard InChI is InChI=1S/C16H14ClNOS/c17-12-5-3-4-11(10-12)16(19)18-14-8-9-20-15-7-2-1-6-13(14)15/h1-7,10,14H,8-9H2,(H,18,19)/t14-/m1/s1. The van der Waals surface area contributed by atoms with Crippen molar-refractivity contribution in [1.29, 1.82) is 0 Å². The Hall–Kier alpha value is -1.45. The number of fused-ring (bicyclic) bond motifs is 1. The quantitative estimate of drug-likeness (QED) is 0.896. The lowest BCUT2D eigenvalue weighted by atomic mass is 10.0. The maximum absolute atomic E-state index is 12.3. The highest BCUT2D eigenvalue weighted by Crippen LogP contribution is 2.35. The van der Waals surface area contributed by atoms with Crippen LogP contribution in [0.25, 0.3) is 0 Å². The van der Waals surface area contributed by atoms with E-state index < -0.39 is 0 Å². The van der Waals surface area contributed by atoms with E-state index >= 15 is 0 Å². The number of carbonyl (C=O) groups excluding carboxylic acids is 1. The van der Waals surface area contributed by atoms with Crippen LogP contribution >= 0.6 is 23.4 Å². The zero-order valence-electron chi connectivity index (χ0n) is 10.8. The van der Waals surface area contributed by atoms with Crippen LogP contribution in [0, 0.1) is 0 Å². The van der Waals surface area contributed by atoms with Crippen LogP contribution in [0.2, 0.25) is 5.02 Å². The van der Waals surface area contributed by atoms with Gasteiger partial charge >= 0.3 is 0 Å². The van der Waals surface area contributed by atoms with Crippen LogP contribution in [0.1, 0.15) is 28.4 Å². The first-order chi connectivity index (χ1) is 9.74. The molecule has 1 N–H and O–H groups in total. The van der Waals surface area contributed by atoms with Crippen molar-refractivity contribution in [3.05, 3.63) is 64.7 Å². The fraction of sp³-hybridized carbons (Fsp3) is 0.188. The highest BCUT2D eigenvalue weighted by Gasteiger charge is 2.22. The summed E-state index contributed by atoms with van der Waals surface area (Å²) in [7, 11) is 0. The van der Waals surface area contributed by atoms with Crippen molar-refractivity contribution in [2.45, 2.75) is 17.4 Å². The molecular weight excluding hydrogens is 290 g/mol. The van der Waals surface area contributed by atoms with Crippen molar-refractivity contribution in [2.24, 2.45) is 0 Å². The van der Waals surface area contributed by atoms with Gasteiger partial charge in [-0.15, -0.1) is 11.8 Å². The third-order valence-corrected chi connectivity index (χ3v) is 4.71. The highest BCUT2D eigenvalue weighted by atomic mass is 35.5. The van der Waals surface area contributed by atoms with E-state index in [9.17, 15) is 4.79 Å². The first-order valence-corrected chi connectivity index (χ1v) is 7.88. The lowest BCUT2D eigenvalue weighted by Crippen LogP contribution is -2.30. The molecule has 1 amide bonds. The fourth-order valence-corrected chi connectivity index (χ4v) is 3.68. The molecule has 1 heterocycles. The molecule has 0 saturated heterocycles. The number of amides is 1. The van der Waals surface area contributed by atoms with E-state index in [1.807, 2.05) is 23.9 Å². The molecule has 3 rings (SSSR count). The van der Waals surface area contributed by atoms with Crippen molar-refractivity contribution in [3.63, 3.8) is 0 Å². The van der Waals surface area contributed by atoms with Crippen LogP contribution in [0.3, 0.4) is 0 Å². The van der Waals surface area contributed by atoms with E-state index in [1.54, 1.807) is 24.3 Å². The molecule has 0 aromatic heterocycles. The Morgan fingerprint density at radius 2 is 2.05 bits per heavy atom. The van der Waals surface area contributed by atoms with Gasteiger partial charge in [0.25, 0.3) is 5.91 Å². The molecule has 0 fully saturated rings. The van der Waals surface area contributed by atoms with Gasteiger partial charge in [0.1, 0.15) is 0 Å². The van der Waals surface area contributed by atoms with E-state index in [0.29, 0.717) is 10.6 Å². The van der Waals surface area contributed by atoms with Gasteiger partial charge in [-0.3, -0.25) is 4.79 Å². The summed E-state index contributed by atoms with van der Waals surface area (Å²) >= 11 is 7.77. The van der Waals surface area contributed by atoms with Crippen molar-refractivity contribution in [2.75, 3.05) is 5.75 Å². The van der Waals surface area contributed by atoms with Gasteiger partial charge in [0.15, 0.2) is 0 Å². The summed E-state index contributed by atoms with van der Waals surface area (Å²) in [6.45, 7) is 0. The number of nitrogens with one attached hydrogen (secondary N) is 1. The predicted molar refractivity (Wildman–Crippen MR) is 83.4 cm³/mol. The summed E-state index contributed by atoms with van der Waals surface area (Å²) in [6, 6.07) is 15.4. The molecule has 4 heteroatoms.